The molecular weight excluding hydrogens is 962 g/mol. The predicted octanol–water partition coefficient (Wildman–Crippen LogP) is 15.8. The number of pyridine rings is 1. The van der Waals surface area contributed by atoms with Crippen LogP contribution in [0.1, 0.15) is 115 Å². The normalized spacial score (nSPS) is 13.3. The quantitative estimate of drug-likeness (QED) is 0.169. The van der Waals surface area contributed by atoms with Crippen molar-refractivity contribution in [3.05, 3.63) is 167 Å². The summed E-state index contributed by atoms with van der Waals surface area (Å²) in [5.74, 6) is 0.883. The van der Waals surface area contributed by atoms with Crippen LogP contribution in [0.5, 0.6) is 5.75 Å². The first-order chi connectivity index (χ1) is 30.8. The number of hydrogen-bond donors (Lipinski definition) is 1. The van der Waals surface area contributed by atoms with Gasteiger partial charge >= 0.3 is 0 Å². The van der Waals surface area contributed by atoms with Crippen LogP contribution in [0.25, 0.3) is 72.7 Å². The van der Waals surface area contributed by atoms with Gasteiger partial charge < -0.3 is 5.11 Å². The number of nitrogens with zero attached hydrogens (tertiary/aromatic N) is 3. The van der Waals surface area contributed by atoms with Gasteiger partial charge in [-0.15, -0.1) is 29.3 Å². The van der Waals surface area contributed by atoms with Crippen LogP contribution in [0.3, 0.4) is 0 Å². The van der Waals surface area contributed by atoms with Crippen LogP contribution in [0.2, 0.25) is 0 Å². The SMILES string of the molecule is [2H]C([2H])([2H])c1ccc(-c2ccnc(-c3[c-]c(-c4cccc5c4nc(-c4cc(C(C)(C)C)cc(C(C)(C)C)c4O)n5-c4cc(-c5ccccc5)cc(C(C)(C)C)c4)cc(C(C)(C)C)c3)c2)cc1.[Pt]. The number of aryl methyl sites for hydroxylation is 1. The molecule has 0 radical (unpaired) electrons. The summed E-state index contributed by atoms with van der Waals surface area (Å²) >= 11 is 0. The number of benzene rings is 6. The number of fused-ring (bicyclic) bond motifs is 1. The van der Waals surface area contributed by atoms with Crippen molar-refractivity contribution in [1.82, 2.24) is 14.5 Å². The number of imidazole rings is 1. The molecule has 8 aromatic rings. The third-order valence-corrected chi connectivity index (χ3v) is 12.1. The number of aromatic hydroxyl groups is 1. The number of rotatable bonds is 6. The summed E-state index contributed by atoms with van der Waals surface area (Å²) in [7, 11) is 0. The number of para-hydroxylation sites is 1. The number of hydrogen-bond acceptors (Lipinski definition) is 3. The second-order valence-corrected chi connectivity index (χ2v) is 21.2. The monoisotopic (exact) mass is 1030 g/mol. The van der Waals surface area contributed by atoms with Gasteiger partial charge in [0.15, 0.2) is 0 Å². The Morgan fingerprint density at radius 3 is 1.81 bits per heavy atom. The van der Waals surface area contributed by atoms with Crippen molar-refractivity contribution in [1.29, 1.82) is 0 Å². The molecule has 0 amide bonds. The summed E-state index contributed by atoms with van der Waals surface area (Å²) in [6.07, 6.45) is 1.80. The van der Waals surface area contributed by atoms with Gasteiger partial charge in [-0.2, -0.15) is 0 Å². The Balaban J connectivity index is 0.00000666. The molecule has 5 heteroatoms. The van der Waals surface area contributed by atoms with E-state index < -0.39 is 6.85 Å². The minimum atomic E-state index is -2.17. The molecule has 0 unspecified atom stereocenters. The average molecular weight is 1030 g/mol. The summed E-state index contributed by atoms with van der Waals surface area (Å²) in [5.41, 5.74) is 14.4. The van der Waals surface area contributed by atoms with Gasteiger partial charge in [-0.05, 0) is 92.2 Å². The Morgan fingerprint density at radius 2 is 1.17 bits per heavy atom. The van der Waals surface area contributed by atoms with E-state index in [4.69, 9.17) is 14.1 Å². The first kappa shape index (κ1) is 42.4. The molecular formula is C59H62N3OPt-. The third kappa shape index (κ3) is 9.31. The molecule has 8 rings (SSSR count). The van der Waals surface area contributed by atoms with Gasteiger partial charge in [0.1, 0.15) is 11.6 Å². The molecule has 0 spiro atoms. The van der Waals surface area contributed by atoms with Gasteiger partial charge in [-0.3, -0.25) is 9.55 Å². The van der Waals surface area contributed by atoms with Crippen LogP contribution in [0.15, 0.2) is 134 Å². The molecule has 0 saturated heterocycles. The van der Waals surface area contributed by atoms with E-state index in [1.165, 1.54) is 5.56 Å². The molecule has 0 aliphatic carbocycles. The molecule has 6 aromatic carbocycles. The van der Waals surface area contributed by atoms with Gasteiger partial charge in [0.25, 0.3) is 0 Å². The van der Waals surface area contributed by atoms with Crippen molar-refractivity contribution in [2.45, 2.75) is 112 Å². The summed E-state index contributed by atoms with van der Waals surface area (Å²) in [4.78, 5) is 10.5. The van der Waals surface area contributed by atoms with Crippen LogP contribution >= 0.6 is 0 Å². The Morgan fingerprint density at radius 1 is 0.547 bits per heavy atom. The summed E-state index contributed by atoms with van der Waals surface area (Å²) in [6.45, 7) is 24.3. The fourth-order valence-electron chi connectivity index (χ4n) is 8.24. The molecule has 0 bridgehead atoms. The van der Waals surface area contributed by atoms with Crippen LogP contribution < -0.4 is 0 Å². The van der Waals surface area contributed by atoms with Crippen molar-refractivity contribution in [2.75, 3.05) is 0 Å². The largest absolute Gasteiger partial charge is 0.507 e. The molecule has 1 N–H and O–H groups in total. The van der Waals surface area contributed by atoms with Crippen molar-refractivity contribution >= 4 is 11.0 Å². The minimum Gasteiger partial charge on any atom is -0.507 e. The van der Waals surface area contributed by atoms with E-state index in [9.17, 15) is 5.11 Å². The van der Waals surface area contributed by atoms with E-state index in [0.29, 0.717) is 17.0 Å². The maximum atomic E-state index is 12.5. The van der Waals surface area contributed by atoms with Crippen LogP contribution in [-0.4, -0.2) is 19.6 Å². The second kappa shape index (κ2) is 17.1. The zero-order valence-corrected chi connectivity index (χ0v) is 41.6. The number of phenols is 1. The van der Waals surface area contributed by atoms with E-state index in [2.05, 4.69) is 179 Å². The molecule has 330 valence electrons. The first-order valence-corrected chi connectivity index (χ1v) is 22.0. The topological polar surface area (TPSA) is 50.9 Å². The van der Waals surface area contributed by atoms with Crippen molar-refractivity contribution in [3.63, 3.8) is 0 Å². The molecule has 0 saturated carbocycles. The Labute approximate surface area is 400 Å². The third-order valence-electron chi connectivity index (χ3n) is 12.1. The second-order valence-electron chi connectivity index (χ2n) is 21.2. The molecule has 0 fully saturated rings. The predicted molar refractivity (Wildman–Crippen MR) is 266 cm³/mol. The molecule has 4 nitrogen and oxygen atoms in total. The van der Waals surface area contributed by atoms with E-state index >= 15 is 0 Å². The Bertz CT molecular complexity index is 3100. The van der Waals surface area contributed by atoms with E-state index in [1.54, 1.807) is 18.3 Å². The molecule has 0 aliphatic heterocycles. The van der Waals surface area contributed by atoms with Crippen molar-refractivity contribution in [3.8, 4) is 67.5 Å². The molecule has 64 heavy (non-hydrogen) atoms. The zero-order chi connectivity index (χ0) is 47.7. The average Bonchev–Trinajstić information content (AvgIpc) is 3.64. The van der Waals surface area contributed by atoms with E-state index in [-0.39, 0.29) is 48.5 Å². The molecule has 0 atom stereocenters. The van der Waals surface area contributed by atoms with Gasteiger partial charge in [0.2, 0.25) is 0 Å². The molecule has 2 heterocycles. The van der Waals surface area contributed by atoms with Crippen molar-refractivity contribution < 1.29 is 30.3 Å². The van der Waals surface area contributed by atoms with E-state index in [0.717, 1.165) is 78.0 Å². The van der Waals surface area contributed by atoms with Gasteiger partial charge in [0.05, 0.1) is 16.6 Å². The molecule has 2 aromatic heterocycles. The number of phenolic OH excluding ortho intramolecular Hbond substituents is 1. The van der Waals surface area contributed by atoms with Crippen LogP contribution in [0.4, 0.5) is 0 Å². The maximum Gasteiger partial charge on any atom is 0.148 e. The Kier molecular flexibility index (Phi) is 11.3. The summed E-state index contributed by atoms with van der Waals surface area (Å²) in [5, 5.41) is 12.5. The smallest absolute Gasteiger partial charge is 0.148 e. The fourth-order valence-corrected chi connectivity index (χ4v) is 8.24. The minimum absolute atomic E-state index is 0. The summed E-state index contributed by atoms with van der Waals surface area (Å²) in [6, 6.07) is 47.2. The zero-order valence-electron chi connectivity index (χ0n) is 42.3. The van der Waals surface area contributed by atoms with Gasteiger partial charge in [0, 0.05) is 48.3 Å². The van der Waals surface area contributed by atoms with Crippen LogP contribution in [0, 0.1) is 12.9 Å². The standard InChI is InChI=1S/C59H62N3O.Pt/c1-37-22-24-39(25-23-37)40-26-27-60-51(33-40)43-28-42(30-44(31-43)56(2,3)4)48-20-17-21-52-53(48)61-55(49-35-46(58(8,9)10)36-50(54(49)63)59(11,12)13)62(52)47-32-41(38-18-15-14-16-19-38)29-45(34-47)57(5,6)7;/h14-27,29-36,63H,1-13H3;/q-1;/i1D3;. The van der Waals surface area contributed by atoms with Gasteiger partial charge in [-0.1, -0.05) is 185 Å². The van der Waals surface area contributed by atoms with Crippen LogP contribution in [-0.2, 0) is 42.7 Å². The van der Waals surface area contributed by atoms with E-state index in [1.807, 2.05) is 30.3 Å². The maximum absolute atomic E-state index is 12.5. The summed E-state index contributed by atoms with van der Waals surface area (Å²) < 4.78 is 25.8. The molecule has 0 aliphatic rings. The number of aromatic nitrogens is 3. The van der Waals surface area contributed by atoms with Gasteiger partial charge in [-0.25, -0.2) is 4.98 Å². The first-order valence-electron chi connectivity index (χ1n) is 23.5. The fraction of sp³-hybridized carbons (Fsp3) is 0.288. The Hall–Kier alpha value is -5.57. The van der Waals surface area contributed by atoms with Crippen molar-refractivity contribution in [2.24, 2.45) is 0 Å².